The number of hydrogen-bond acceptors (Lipinski definition) is 8. The van der Waals surface area contributed by atoms with Crippen molar-refractivity contribution in [2.75, 3.05) is 70.8 Å². The first-order valence-electron chi connectivity index (χ1n) is 18.3. The smallest absolute Gasteiger partial charge is 0.451 e. The number of alkyl halides is 3. The lowest BCUT2D eigenvalue weighted by Gasteiger charge is -2.43. The Morgan fingerprint density at radius 2 is 1.57 bits per heavy atom. The highest BCUT2D eigenvalue weighted by Gasteiger charge is 2.40. The number of aromatic hydroxyl groups is 1. The number of nitrogens with one attached hydrogen (secondary N) is 1. The van der Waals surface area contributed by atoms with Crippen molar-refractivity contribution in [3.8, 4) is 5.75 Å². The summed E-state index contributed by atoms with van der Waals surface area (Å²) < 4.78 is 44.2. The molecular formula is C37H46BF3N6O6. The summed E-state index contributed by atoms with van der Waals surface area (Å²) in [7, 11) is 6.02. The second kappa shape index (κ2) is 16.4. The van der Waals surface area contributed by atoms with Crippen molar-refractivity contribution in [1.29, 1.82) is 0 Å². The molecular weight excluding hydrogens is 692 g/mol. The second-order valence-electron chi connectivity index (χ2n) is 14.5. The zero-order valence-corrected chi connectivity index (χ0v) is 29.9. The average molecular weight is 739 g/mol. The SMILES string of the molecule is [B]c1cc(C[C@@H](OC(=O)N2CCC(N3CCc4ccccc4NC3=O)CC2)C(=O)N2CCC(N3CCN(CC(=O)C(F)(F)F)CC3)CC2)cc(C)c1O. The lowest BCUT2D eigenvalue weighted by molar-refractivity contribution is -0.172. The average Bonchev–Trinajstić information content (AvgIpc) is 3.31. The summed E-state index contributed by atoms with van der Waals surface area (Å²) in [4.78, 5) is 61.0. The van der Waals surface area contributed by atoms with Gasteiger partial charge in [0.15, 0.2) is 6.10 Å². The maximum absolute atomic E-state index is 14.0. The summed E-state index contributed by atoms with van der Waals surface area (Å²) in [6, 6.07) is 10.9. The fourth-order valence-electron chi connectivity index (χ4n) is 7.92. The highest BCUT2D eigenvalue weighted by Crippen LogP contribution is 2.27. The number of urea groups is 1. The summed E-state index contributed by atoms with van der Waals surface area (Å²) in [6.07, 6.45) is -3.42. The van der Waals surface area contributed by atoms with Gasteiger partial charge in [0.2, 0.25) is 5.78 Å². The lowest BCUT2D eigenvalue weighted by Crippen LogP contribution is -2.56. The molecule has 4 aliphatic rings. The number of phenols is 1. The number of para-hydroxylation sites is 1. The maximum atomic E-state index is 14.0. The van der Waals surface area contributed by atoms with Crippen molar-refractivity contribution < 1.29 is 42.2 Å². The molecule has 2 radical (unpaired) electrons. The van der Waals surface area contributed by atoms with Gasteiger partial charge < -0.3 is 29.9 Å². The Bertz CT molecular complexity index is 1650. The Morgan fingerprint density at radius 1 is 0.925 bits per heavy atom. The number of halogens is 3. The van der Waals surface area contributed by atoms with Crippen LogP contribution in [0.15, 0.2) is 36.4 Å². The number of ketones is 1. The molecule has 4 heterocycles. The Kier molecular flexibility index (Phi) is 11.9. The number of rotatable bonds is 8. The number of likely N-dealkylation sites (tertiary alicyclic amines) is 2. The predicted octanol–water partition coefficient (Wildman–Crippen LogP) is 2.84. The number of benzene rings is 2. The second-order valence-corrected chi connectivity index (χ2v) is 14.5. The molecule has 2 N–H and O–H groups in total. The third kappa shape index (κ3) is 9.26. The highest BCUT2D eigenvalue weighted by molar-refractivity contribution is 6.34. The van der Waals surface area contributed by atoms with Gasteiger partial charge in [-0.3, -0.25) is 19.4 Å². The van der Waals surface area contributed by atoms with Crippen molar-refractivity contribution in [3.05, 3.63) is 53.1 Å². The minimum absolute atomic E-state index is 0.0479. The molecule has 0 unspecified atom stereocenters. The van der Waals surface area contributed by atoms with E-state index in [0.29, 0.717) is 95.7 Å². The van der Waals surface area contributed by atoms with Gasteiger partial charge in [0.05, 0.1) is 6.54 Å². The Labute approximate surface area is 308 Å². The molecule has 3 fully saturated rings. The Hall–Kier alpha value is -4.31. The van der Waals surface area contributed by atoms with Gasteiger partial charge in [-0.2, -0.15) is 13.2 Å². The summed E-state index contributed by atoms with van der Waals surface area (Å²) in [6.45, 7) is 4.92. The molecule has 1 atom stereocenters. The Morgan fingerprint density at radius 3 is 2.23 bits per heavy atom. The van der Waals surface area contributed by atoms with Crippen molar-refractivity contribution in [3.63, 3.8) is 0 Å². The van der Waals surface area contributed by atoms with E-state index in [4.69, 9.17) is 12.6 Å². The maximum Gasteiger partial charge on any atom is 0.451 e. The molecule has 53 heavy (non-hydrogen) atoms. The molecule has 0 spiro atoms. The molecule has 0 bridgehead atoms. The number of carbonyl (C=O) groups excluding carboxylic acids is 4. The van der Waals surface area contributed by atoms with Crippen LogP contribution in [-0.2, 0) is 27.2 Å². The van der Waals surface area contributed by atoms with E-state index in [9.17, 15) is 37.5 Å². The van der Waals surface area contributed by atoms with Crippen LogP contribution >= 0.6 is 0 Å². The van der Waals surface area contributed by atoms with E-state index in [-0.39, 0.29) is 41.7 Å². The topological polar surface area (TPSA) is 126 Å². The van der Waals surface area contributed by atoms with Gasteiger partial charge >= 0.3 is 18.3 Å². The number of nitrogens with zero attached hydrogens (tertiary/aromatic N) is 5. The number of carbonyl (C=O) groups is 4. The van der Waals surface area contributed by atoms with Gasteiger partial charge in [-0.1, -0.05) is 35.8 Å². The summed E-state index contributed by atoms with van der Waals surface area (Å²) >= 11 is 0. The fraction of sp³-hybridized carbons (Fsp3) is 0.568. The third-order valence-corrected chi connectivity index (χ3v) is 11.0. The van der Waals surface area contributed by atoms with Crippen LogP contribution < -0.4 is 10.8 Å². The van der Waals surface area contributed by atoms with Crippen LogP contribution in [-0.4, -0.2) is 151 Å². The molecule has 6 rings (SSSR count). The van der Waals surface area contributed by atoms with Crippen LogP contribution in [0.1, 0.15) is 42.4 Å². The number of piperidine rings is 2. The largest absolute Gasteiger partial charge is 0.508 e. The molecule has 16 heteroatoms. The normalized spacial score (nSPS) is 20.4. The van der Waals surface area contributed by atoms with E-state index in [2.05, 4.69) is 10.2 Å². The van der Waals surface area contributed by atoms with Crippen LogP contribution in [0.4, 0.5) is 28.4 Å². The van der Waals surface area contributed by atoms with E-state index in [0.717, 1.165) is 17.7 Å². The molecule has 3 saturated heterocycles. The molecule has 0 saturated carbocycles. The van der Waals surface area contributed by atoms with Crippen LogP contribution in [0.3, 0.4) is 0 Å². The number of ether oxygens (including phenoxy) is 1. The molecule has 2 aromatic carbocycles. The molecule has 12 nitrogen and oxygen atoms in total. The lowest BCUT2D eigenvalue weighted by atomic mass is 9.89. The number of aryl methyl sites for hydroxylation is 1. The predicted molar refractivity (Wildman–Crippen MR) is 191 cm³/mol. The molecule has 4 aliphatic heterocycles. The van der Waals surface area contributed by atoms with Gasteiger partial charge in [-0.25, -0.2) is 9.59 Å². The van der Waals surface area contributed by atoms with E-state index < -0.39 is 30.7 Å². The number of anilines is 1. The quantitative estimate of drug-likeness (QED) is 0.397. The number of amides is 4. The molecule has 0 aliphatic carbocycles. The van der Waals surface area contributed by atoms with Crippen molar-refractivity contribution in [1.82, 2.24) is 24.5 Å². The first kappa shape index (κ1) is 38.4. The number of piperazine rings is 1. The van der Waals surface area contributed by atoms with Gasteiger partial charge in [0.1, 0.15) is 13.6 Å². The number of fused-ring (bicyclic) bond motifs is 1. The molecule has 2 aromatic rings. The number of hydrogen-bond donors (Lipinski definition) is 2. The number of Topliss-reactive ketones (excluding diaryl/α,β-unsaturated/α-hetero) is 1. The third-order valence-electron chi connectivity index (χ3n) is 11.0. The standard InChI is InChI=1S/C37H46BF3N6O6/c1-24-20-25(21-29(38)33(24)49)22-31(34(50)45-11-7-27(8-12-45)44-18-16-43(17-19-44)23-32(48)37(39,40)41)53-36(52)46-13-9-28(10-14-46)47-15-6-26-4-2-3-5-30(26)42-35(47)51/h2-5,20-21,27-28,31,49H,6-19,22-23H2,1H3,(H,42,51)/t31-/m1/s1. The zero-order chi connectivity index (χ0) is 37.9. The minimum Gasteiger partial charge on any atom is -0.508 e. The van der Waals surface area contributed by atoms with Gasteiger partial charge in [-0.15, -0.1) is 0 Å². The van der Waals surface area contributed by atoms with Gasteiger partial charge in [0.25, 0.3) is 5.91 Å². The van der Waals surface area contributed by atoms with E-state index in [1.54, 1.807) is 28.9 Å². The summed E-state index contributed by atoms with van der Waals surface area (Å²) in [5.74, 6) is -2.13. The summed E-state index contributed by atoms with van der Waals surface area (Å²) in [5, 5.41) is 13.2. The first-order chi connectivity index (χ1) is 25.3. The first-order valence-corrected chi connectivity index (χ1v) is 18.3. The molecule has 284 valence electrons. The van der Waals surface area contributed by atoms with Crippen LogP contribution in [0, 0.1) is 6.92 Å². The van der Waals surface area contributed by atoms with Gasteiger partial charge in [-0.05, 0) is 61.8 Å². The van der Waals surface area contributed by atoms with Crippen molar-refractivity contribution in [2.24, 2.45) is 0 Å². The minimum atomic E-state index is -4.84. The van der Waals surface area contributed by atoms with E-state index >= 15 is 0 Å². The van der Waals surface area contributed by atoms with Gasteiger partial charge in [0, 0.05) is 83.1 Å². The highest BCUT2D eigenvalue weighted by atomic mass is 19.4. The van der Waals surface area contributed by atoms with E-state index in [1.807, 2.05) is 29.2 Å². The zero-order valence-electron chi connectivity index (χ0n) is 29.9. The van der Waals surface area contributed by atoms with E-state index in [1.165, 1.54) is 4.90 Å². The van der Waals surface area contributed by atoms with Crippen LogP contribution in [0.25, 0.3) is 0 Å². The van der Waals surface area contributed by atoms with Crippen molar-refractivity contribution >= 4 is 42.8 Å². The number of phenolic OH excluding ortho intramolecular Hbond substituents is 1. The summed E-state index contributed by atoms with van der Waals surface area (Å²) in [5.41, 5.74) is 3.21. The van der Waals surface area contributed by atoms with Crippen LogP contribution in [0.2, 0.25) is 0 Å². The fourth-order valence-corrected chi connectivity index (χ4v) is 7.92. The van der Waals surface area contributed by atoms with Crippen molar-refractivity contribution in [2.45, 2.75) is 69.8 Å². The molecule has 4 amide bonds. The monoisotopic (exact) mass is 738 g/mol. The molecule has 0 aromatic heterocycles. The van der Waals surface area contributed by atoms with Crippen LogP contribution in [0.5, 0.6) is 5.75 Å². The Balaban J connectivity index is 1.05.